The molecule has 1 heterocycles. The molecule has 4 nitrogen and oxygen atoms in total. The van der Waals surface area contributed by atoms with Crippen molar-refractivity contribution < 1.29 is 0 Å². The van der Waals surface area contributed by atoms with Crippen LogP contribution in [0.3, 0.4) is 0 Å². The third kappa shape index (κ3) is 3.63. The first-order valence-corrected chi connectivity index (χ1v) is 5.68. The van der Waals surface area contributed by atoms with Gasteiger partial charge in [0.05, 0.1) is 0 Å². The summed E-state index contributed by atoms with van der Waals surface area (Å²) in [6.07, 6.45) is 4.87. The van der Waals surface area contributed by atoms with Gasteiger partial charge >= 0.3 is 0 Å². The number of aryl methyl sites for hydroxylation is 2. The molecule has 0 bridgehead atoms. The number of nitrogens with two attached hydrogens (primary N) is 1. The van der Waals surface area contributed by atoms with Crippen LogP contribution in [0, 0.1) is 11.8 Å². The highest BCUT2D eigenvalue weighted by molar-refractivity contribution is 4.84. The van der Waals surface area contributed by atoms with E-state index in [0.717, 1.165) is 31.6 Å². The van der Waals surface area contributed by atoms with Gasteiger partial charge in [0.15, 0.2) is 0 Å². The van der Waals surface area contributed by atoms with Gasteiger partial charge < -0.3 is 5.73 Å². The number of hydrogen-bond acceptors (Lipinski definition) is 3. The standard InChI is InChI=1S/C11H22N4/c1-9(2)10(6-7-12)4-5-11-13-8-14-15(11)3/h8-10H,4-7,12H2,1-3H3. The molecule has 0 saturated carbocycles. The molecule has 0 fully saturated rings. The summed E-state index contributed by atoms with van der Waals surface area (Å²) in [6, 6.07) is 0. The predicted octanol–water partition coefficient (Wildman–Crippen LogP) is 1.37. The van der Waals surface area contributed by atoms with Gasteiger partial charge in [0.25, 0.3) is 0 Å². The molecular weight excluding hydrogens is 188 g/mol. The van der Waals surface area contributed by atoms with Crippen molar-refractivity contribution >= 4 is 0 Å². The van der Waals surface area contributed by atoms with Crippen molar-refractivity contribution in [3.63, 3.8) is 0 Å². The summed E-state index contributed by atoms with van der Waals surface area (Å²) in [5.41, 5.74) is 5.61. The molecule has 0 aromatic carbocycles. The lowest BCUT2D eigenvalue weighted by atomic mass is 9.88. The Balaban J connectivity index is 2.43. The lowest BCUT2D eigenvalue weighted by Crippen LogP contribution is -2.16. The SMILES string of the molecule is CC(C)C(CCN)CCc1ncnn1C. The van der Waals surface area contributed by atoms with Crippen LogP contribution in [0.25, 0.3) is 0 Å². The highest BCUT2D eigenvalue weighted by atomic mass is 15.3. The van der Waals surface area contributed by atoms with Crippen molar-refractivity contribution in [1.29, 1.82) is 0 Å². The van der Waals surface area contributed by atoms with Crippen LogP contribution in [0.1, 0.15) is 32.5 Å². The highest BCUT2D eigenvalue weighted by Gasteiger charge is 2.13. The Hall–Kier alpha value is -0.900. The zero-order valence-electron chi connectivity index (χ0n) is 9.98. The molecule has 1 rings (SSSR count). The molecule has 1 atom stereocenters. The van der Waals surface area contributed by atoms with Crippen molar-refractivity contribution in [2.24, 2.45) is 24.6 Å². The Morgan fingerprint density at radius 2 is 2.13 bits per heavy atom. The molecular formula is C11H22N4. The van der Waals surface area contributed by atoms with Crippen LogP contribution < -0.4 is 5.73 Å². The van der Waals surface area contributed by atoms with Gasteiger partial charge in [0, 0.05) is 13.5 Å². The molecule has 0 spiro atoms. The summed E-state index contributed by atoms with van der Waals surface area (Å²) >= 11 is 0. The molecule has 86 valence electrons. The van der Waals surface area contributed by atoms with Crippen LogP contribution >= 0.6 is 0 Å². The van der Waals surface area contributed by atoms with E-state index in [-0.39, 0.29) is 0 Å². The number of aromatic nitrogens is 3. The molecule has 0 radical (unpaired) electrons. The lowest BCUT2D eigenvalue weighted by molar-refractivity contribution is 0.337. The third-order valence-electron chi connectivity index (χ3n) is 3.02. The fourth-order valence-electron chi connectivity index (χ4n) is 1.89. The minimum atomic E-state index is 0.696. The van der Waals surface area contributed by atoms with E-state index in [2.05, 4.69) is 23.9 Å². The molecule has 1 aromatic rings. The third-order valence-corrected chi connectivity index (χ3v) is 3.02. The van der Waals surface area contributed by atoms with Crippen LogP contribution in [-0.2, 0) is 13.5 Å². The fourth-order valence-corrected chi connectivity index (χ4v) is 1.89. The van der Waals surface area contributed by atoms with Gasteiger partial charge in [0.2, 0.25) is 0 Å². The van der Waals surface area contributed by atoms with Gasteiger partial charge in [-0.25, -0.2) is 4.98 Å². The van der Waals surface area contributed by atoms with Gasteiger partial charge in [-0.05, 0) is 31.2 Å². The zero-order chi connectivity index (χ0) is 11.3. The van der Waals surface area contributed by atoms with E-state index in [1.165, 1.54) is 0 Å². The molecule has 1 aromatic heterocycles. The second-order valence-electron chi connectivity index (χ2n) is 4.42. The lowest BCUT2D eigenvalue weighted by Gasteiger charge is -2.19. The van der Waals surface area contributed by atoms with Crippen molar-refractivity contribution in [3.05, 3.63) is 12.2 Å². The fraction of sp³-hybridized carbons (Fsp3) is 0.818. The normalized spacial score (nSPS) is 13.4. The molecule has 1 unspecified atom stereocenters. The Kier molecular flexibility index (Phi) is 4.75. The van der Waals surface area contributed by atoms with Crippen LogP contribution in [0.15, 0.2) is 6.33 Å². The van der Waals surface area contributed by atoms with Crippen molar-refractivity contribution in [1.82, 2.24) is 14.8 Å². The Bertz CT molecular complexity index is 280. The molecule has 2 N–H and O–H groups in total. The van der Waals surface area contributed by atoms with E-state index in [0.29, 0.717) is 11.8 Å². The summed E-state index contributed by atoms with van der Waals surface area (Å²) in [6.45, 7) is 5.30. The average molecular weight is 210 g/mol. The zero-order valence-corrected chi connectivity index (χ0v) is 9.98. The number of rotatable bonds is 6. The van der Waals surface area contributed by atoms with E-state index < -0.39 is 0 Å². The predicted molar refractivity (Wildman–Crippen MR) is 61.3 cm³/mol. The summed E-state index contributed by atoms with van der Waals surface area (Å²) in [4.78, 5) is 4.23. The van der Waals surface area contributed by atoms with Crippen LogP contribution in [0.5, 0.6) is 0 Å². The van der Waals surface area contributed by atoms with Gasteiger partial charge in [0.1, 0.15) is 12.2 Å². The Morgan fingerprint density at radius 1 is 1.40 bits per heavy atom. The van der Waals surface area contributed by atoms with E-state index >= 15 is 0 Å². The van der Waals surface area contributed by atoms with Gasteiger partial charge in [-0.3, -0.25) is 4.68 Å². The molecule has 0 aliphatic carbocycles. The van der Waals surface area contributed by atoms with Crippen LogP contribution in [0.4, 0.5) is 0 Å². The average Bonchev–Trinajstić information content (AvgIpc) is 2.58. The maximum Gasteiger partial charge on any atom is 0.138 e. The molecule has 0 aliphatic rings. The topological polar surface area (TPSA) is 56.7 Å². The molecule has 4 heteroatoms. The molecule has 0 amide bonds. The summed E-state index contributed by atoms with van der Waals surface area (Å²) in [5.74, 6) is 2.46. The monoisotopic (exact) mass is 210 g/mol. The van der Waals surface area contributed by atoms with E-state index in [9.17, 15) is 0 Å². The first kappa shape index (κ1) is 12.2. The number of nitrogens with zero attached hydrogens (tertiary/aromatic N) is 3. The molecule has 0 saturated heterocycles. The minimum absolute atomic E-state index is 0.696. The minimum Gasteiger partial charge on any atom is -0.330 e. The number of hydrogen-bond donors (Lipinski definition) is 1. The smallest absolute Gasteiger partial charge is 0.138 e. The quantitative estimate of drug-likeness (QED) is 0.771. The molecule has 15 heavy (non-hydrogen) atoms. The second kappa shape index (κ2) is 5.85. The van der Waals surface area contributed by atoms with Gasteiger partial charge in [-0.1, -0.05) is 13.8 Å². The van der Waals surface area contributed by atoms with E-state index in [1.54, 1.807) is 6.33 Å². The van der Waals surface area contributed by atoms with E-state index in [4.69, 9.17) is 5.73 Å². The van der Waals surface area contributed by atoms with Crippen molar-refractivity contribution in [3.8, 4) is 0 Å². The summed E-state index contributed by atoms with van der Waals surface area (Å²) < 4.78 is 1.85. The van der Waals surface area contributed by atoms with Crippen LogP contribution in [-0.4, -0.2) is 21.3 Å². The summed E-state index contributed by atoms with van der Waals surface area (Å²) in [5, 5.41) is 4.07. The van der Waals surface area contributed by atoms with Crippen molar-refractivity contribution in [2.75, 3.05) is 6.54 Å². The van der Waals surface area contributed by atoms with Gasteiger partial charge in [-0.2, -0.15) is 5.10 Å². The first-order valence-electron chi connectivity index (χ1n) is 5.68. The Morgan fingerprint density at radius 3 is 2.60 bits per heavy atom. The Labute approximate surface area is 91.9 Å². The second-order valence-corrected chi connectivity index (χ2v) is 4.42. The van der Waals surface area contributed by atoms with E-state index in [1.807, 2.05) is 11.7 Å². The maximum absolute atomic E-state index is 5.61. The highest BCUT2D eigenvalue weighted by Crippen LogP contribution is 2.20. The first-order chi connectivity index (χ1) is 7.15. The van der Waals surface area contributed by atoms with Gasteiger partial charge in [-0.15, -0.1) is 0 Å². The largest absolute Gasteiger partial charge is 0.330 e. The van der Waals surface area contributed by atoms with Crippen LogP contribution in [0.2, 0.25) is 0 Å². The summed E-state index contributed by atoms with van der Waals surface area (Å²) in [7, 11) is 1.94. The van der Waals surface area contributed by atoms with Crippen molar-refractivity contribution in [2.45, 2.75) is 33.1 Å². The molecule has 0 aliphatic heterocycles. The maximum atomic E-state index is 5.61.